The third-order valence-electron chi connectivity index (χ3n) is 5.64. The van der Waals surface area contributed by atoms with Crippen molar-refractivity contribution < 1.29 is 9.53 Å². The van der Waals surface area contributed by atoms with Gasteiger partial charge in [-0.15, -0.1) is 0 Å². The first-order chi connectivity index (χ1) is 15.5. The van der Waals surface area contributed by atoms with E-state index in [-0.39, 0.29) is 5.91 Å². The number of nitrogens with zero attached hydrogens (tertiary/aromatic N) is 3. The van der Waals surface area contributed by atoms with Gasteiger partial charge in [0.05, 0.1) is 11.5 Å². The highest BCUT2D eigenvalue weighted by atomic mass is 35.5. The summed E-state index contributed by atoms with van der Waals surface area (Å²) in [6, 6.07) is 14.0. The fourth-order valence-electron chi connectivity index (χ4n) is 3.67. The molecule has 2 heterocycles. The van der Waals surface area contributed by atoms with Gasteiger partial charge >= 0.3 is 0 Å². The average Bonchev–Trinajstić information content (AvgIpc) is 3.17. The van der Waals surface area contributed by atoms with Crippen LogP contribution in [0.1, 0.15) is 30.9 Å². The predicted octanol–water partition coefficient (Wildman–Crippen LogP) is 5.62. The van der Waals surface area contributed by atoms with E-state index in [4.69, 9.17) is 16.3 Å². The molecule has 168 valence electrons. The van der Waals surface area contributed by atoms with Gasteiger partial charge in [0, 0.05) is 42.5 Å². The fourth-order valence-corrected chi connectivity index (χ4v) is 4.80. The number of hydrogen-bond acceptors (Lipinski definition) is 5. The number of anilines is 1. The van der Waals surface area contributed by atoms with Gasteiger partial charge in [-0.05, 0) is 54.9 Å². The van der Waals surface area contributed by atoms with Gasteiger partial charge in [-0.3, -0.25) is 4.79 Å². The Labute approximate surface area is 199 Å². The average molecular weight is 470 g/mol. The largest absolute Gasteiger partial charge is 0.493 e. The Balaban J connectivity index is 1.39. The minimum atomic E-state index is -0.180. The van der Waals surface area contributed by atoms with Crippen LogP contribution in [0.4, 0.5) is 5.69 Å². The number of aliphatic imine (C=N–C) groups is 1. The van der Waals surface area contributed by atoms with E-state index in [1.54, 1.807) is 0 Å². The highest BCUT2D eigenvalue weighted by Crippen LogP contribution is 2.33. The zero-order valence-electron chi connectivity index (χ0n) is 18.5. The van der Waals surface area contributed by atoms with Crippen LogP contribution < -0.4 is 9.64 Å². The summed E-state index contributed by atoms with van der Waals surface area (Å²) in [7, 11) is 0. The highest BCUT2D eigenvalue weighted by molar-refractivity contribution is 8.18. The summed E-state index contributed by atoms with van der Waals surface area (Å²) < 4.78 is 5.91. The zero-order chi connectivity index (χ0) is 22.5. The second-order valence-corrected chi connectivity index (χ2v) is 9.37. The van der Waals surface area contributed by atoms with Gasteiger partial charge in [-0.2, -0.15) is 4.99 Å². The molecule has 2 aromatic rings. The van der Waals surface area contributed by atoms with Gasteiger partial charge in [0.15, 0.2) is 5.17 Å². The van der Waals surface area contributed by atoms with Crippen molar-refractivity contribution in [1.82, 2.24) is 4.90 Å². The van der Waals surface area contributed by atoms with E-state index < -0.39 is 0 Å². The number of carbonyl (C=O) groups excluding carboxylic acids is 1. The summed E-state index contributed by atoms with van der Waals surface area (Å²) in [4.78, 5) is 22.1. The SMILES string of the molecule is CCCCOc1ccccc1C=C1SC(N2CCN(c3ccc(C)c(Cl)c3)CC2)=NC1=O. The Kier molecular flexibility index (Phi) is 7.43. The molecule has 7 heteroatoms. The van der Waals surface area contributed by atoms with E-state index in [9.17, 15) is 4.79 Å². The van der Waals surface area contributed by atoms with Crippen molar-refractivity contribution >= 4 is 46.2 Å². The van der Waals surface area contributed by atoms with Crippen LogP contribution >= 0.6 is 23.4 Å². The fraction of sp³-hybridized carbons (Fsp3) is 0.360. The molecule has 0 radical (unpaired) electrons. The number of aryl methyl sites for hydroxylation is 1. The Hall–Kier alpha value is -2.44. The second kappa shape index (κ2) is 10.5. The number of ether oxygens (including phenoxy) is 1. The van der Waals surface area contributed by atoms with Crippen molar-refractivity contribution in [2.45, 2.75) is 26.7 Å². The van der Waals surface area contributed by atoms with Crippen LogP contribution in [0.2, 0.25) is 5.02 Å². The molecule has 0 bridgehead atoms. The lowest BCUT2D eigenvalue weighted by Crippen LogP contribution is -2.47. The maximum Gasteiger partial charge on any atom is 0.286 e. The first-order valence-corrected chi connectivity index (χ1v) is 12.2. The lowest BCUT2D eigenvalue weighted by Gasteiger charge is -2.36. The number of halogens is 1. The summed E-state index contributed by atoms with van der Waals surface area (Å²) in [6.07, 6.45) is 3.99. The molecule has 0 aromatic heterocycles. The number of rotatable bonds is 6. The van der Waals surface area contributed by atoms with Crippen LogP contribution in [-0.2, 0) is 4.79 Å². The number of hydrogen-bond donors (Lipinski definition) is 0. The number of unbranched alkanes of at least 4 members (excludes halogenated alkanes) is 1. The molecular formula is C25H28ClN3O2S. The summed E-state index contributed by atoms with van der Waals surface area (Å²) in [5.74, 6) is 0.627. The summed E-state index contributed by atoms with van der Waals surface area (Å²) in [5, 5.41) is 1.58. The van der Waals surface area contributed by atoms with Crippen LogP contribution in [0.5, 0.6) is 5.75 Å². The van der Waals surface area contributed by atoms with Gasteiger partial charge in [0.1, 0.15) is 5.75 Å². The molecular weight excluding hydrogens is 442 g/mol. The van der Waals surface area contributed by atoms with E-state index in [2.05, 4.69) is 33.8 Å². The van der Waals surface area contributed by atoms with Gasteiger partial charge in [0.25, 0.3) is 5.91 Å². The third-order valence-corrected chi connectivity index (χ3v) is 7.09. The van der Waals surface area contributed by atoms with Gasteiger partial charge in [-0.25, -0.2) is 0 Å². The van der Waals surface area contributed by atoms with Crippen molar-refractivity contribution in [2.24, 2.45) is 4.99 Å². The highest BCUT2D eigenvalue weighted by Gasteiger charge is 2.29. The lowest BCUT2D eigenvalue weighted by molar-refractivity contribution is -0.113. The molecule has 5 nitrogen and oxygen atoms in total. The standard InChI is InChI=1S/C25H28ClN3O2S/c1-3-4-15-31-22-8-6-5-7-19(22)16-23-24(30)27-25(32-23)29-13-11-28(12-14-29)20-10-9-18(2)21(26)17-20/h5-10,16-17H,3-4,11-15H2,1-2H3. The molecule has 0 saturated carbocycles. The third kappa shape index (κ3) is 5.30. The van der Waals surface area contributed by atoms with Crippen LogP contribution in [0, 0.1) is 6.92 Å². The van der Waals surface area contributed by atoms with Crippen LogP contribution in [0.3, 0.4) is 0 Å². The number of thioether (sulfide) groups is 1. The molecule has 0 aliphatic carbocycles. The number of para-hydroxylation sites is 1. The van der Waals surface area contributed by atoms with E-state index in [1.807, 2.05) is 43.3 Å². The van der Waals surface area contributed by atoms with E-state index in [1.165, 1.54) is 11.8 Å². The smallest absolute Gasteiger partial charge is 0.286 e. The quantitative estimate of drug-likeness (QED) is 0.406. The summed E-state index contributed by atoms with van der Waals surface area (Å²) >= 11 is 7.75. The van der Waals surface area contributed by atoms with E-state index >= 15 is 0 Å². The maximum atomic E-state index is 12.6. The van der Waals surface area contributed by atoms with Crippen molar-refractivity contribution in [3.63, 3.8) is 0 Å². The van der Waals surface area contributed by atoms with Crippen LogP contribution in [0.25, 0.3) is 6.08 Å². The van der Waals surface area contributed by atoms with Gasteiger partial charge in [-0.1, -0.05) is 49.2 Å². The predicted molar refractivity (Wildman–Crippen MR) is 135 cm³/mol. The molecule has 32 heavy (non-hydrogen) atoms. The molecule has 0 N–H and O–H groups in total. The number of amides is 1. The first kappa shape index (κ1) is 22.7. The number of benzene rings is 2. The number of amidine groups is 1. The van der Waals surface area contributed by atoms with Gasteiger partial charge < -0.3 is 14.5 Å². The molecule has 0 atom stereocenters. The maximum absolute atomic E-state index is 12.6. The summed E-state index contributed by atoms with van der Waals surface area (Å²) in [6.45, 7) is 8.18. The first-order valence-electron chi connectivity index (χ1n) is 11.1. The Morgan fingerprint density at radius 2 is 1.88 bits per heavy atom. The van der Waals surface area contributed by atoms with Crippen LogP contribution in [-0.4, -0.2) is 48.8 Å². The second-order valence-electron chi connectivity index (χ2n) is 7.96. The minimum Gasteiger partial charge on any atom is -0.493 e. The van der Waals surface area contributed by atoms with Gasteiger partial charge in [0.2, 0.25) is 0 Å². The molecule has 2 aliphatic heterocycles. The Bertz CT molecular complexity index is 1050. The molecule has 2 aliphatic rings. The van der Waals surface area contributed by atoms with Crippen molar-refractivity contribution in [3.8, 4) is 5.75 Å². The Morgan fingerprint density at radius 3 is 2.62 bits per heavy atom. The molecule has 1 saturated heterocycles. The summed E-state index contributed by atoms with van der Waals surface area (Å²) in [5.41, 5.74) is 3.13. The number of carbonyl (C=O) groups is 1. The molecule has 2 aromatic carbocycles. The molecule has 0 spiro atoms. The van der Waals surface area contributed by atoms with Crippen LogP contribution in [0.15, 0.2) is 52.4 Å². The topological polar surface area (TPSA) is 45.1 Å². The molecule has 1 amide bonds. The normalized spacial score (nSPS) is 17.8. The molecule has 0 unspecified atom stereocenters. The Morgan fingerprint density at radius 1 is 1.12 bits per heavy atom. The number of piperazine rings is 1. The van der Waals surface area contributed by atoms with Crippen molar-refractivity contribution in [2.75, 3.05) is 37.7 Å². The van der Waals surface area contributed by atoms with Crippen molar-refractivity contribution in [3.05, 3.63) is 63.5 Å². The van der Waals surface area contributed by atoms with E-state index in [0.29, 0.717) is 11.5 Å². The molecule has 1 fully saturated rings. The monoisotopic (exact) mass is 469 g/mol. The molecule has 4 rings (SSSR count). The minimum absolute atomic E-state index is 0.180. The lowest BCUT2D eigenvalue weighted by atomic mass is 10.2. The van der Waals surface area contributed by atoms with Crippen molar-refractivity contribution in [1.29, 1.82) is 0 Å². The van der Waals surface area contributed by atoms with E-state index in [0.717, 1.165) is 71.8 Å². The zero-order valence-corrected chi connectivity index (χ0v) is 20.1.